The molecular formula is C12H15N3. The number of unbranched alkanes of at least 4 members (excludes halogenated alkanes) is 1. The average Bonchev–Trinajstić information content (AvgIpc) is 2.30. The summed E-state index contributed by atoms with van der Waals surface area (Å²) in [5.74, 6) is 0.939. The first-order valence-electron chi connectivity index (χ1n) is 5.35. The van der Waals surface area contributed by atoms with Crippen LogP contribution >= 0.6 is 0 Å². The molecule has 0 atom stereocenters. The number of nitrogens with zero attached hydrogens (tertiary/aromatic N) is 2. The molecule has 1 N–H and O–H groups in total. The minimum Gasteiger partial charge on any atom is -0.369 e. The molecule has 0 saturated carbocycles. The van der Waals surface area contributed by atoms with Crippen molar-refractivity contribution < 1.29 is 0 Å². The summed E-state index contributed by atoms with van der Waals surface area (Å²) >= 11 is 0. The Morgan fingerprint density at radius 2 is 2.07 bits per heavy atom. The van der Waals surface area contributed by atoms with Crippen LogP contribution in [0, 0.1) is 0 Å². The second kappa shape index (κ2) is 4.73. The molecule has 15 heavy (non-hydrogen) atoms. The van der Waals surface area contributed by atoms with Gasteiger partial charge in [-0.1, -0.05) is 25.5 Å². The van der Waals surface area contributed by atoms with Crippen LogP contribution in [0.25, 0.3) is 10.9 Å². The molecule has 1 aromatic heterocycles. The number of anilines is 1. The van der Waals surface area contributed by atoms with Gasteiger partial charge in [0.2, 0.25) is 0 Å². The van der Waals surface area contributed by atoms with Gasteiger partial charge in [0.1, 0.15) is 12.1 Å². The fourth-order valence-electron chi connectivity index (χ4n) is 1.53. The van der Waals surface area contributed by atoms with E-state index in [0.29, 0.717) is 0 Å². The van der Waals surface area contributed by atoms with E-state index in [1.807, 2.05) is 24.3 Å². The summed E-state index contributed by atoms with van der Waals surface area (Å²) in [6.07, 6.45) is 3.96. The summed E-state index contributed by atoms with van der Waals surface area (Å²) in [5, 5.41) is 4.43. The number of rotatable bonds is 4. The van der Waals surface area contributed by atoms with Crippen molar-refractivity contribution in [2.75, 3.05) is 11.9 Å². The maximum absolute atomic E-state index is 4.26. The van der Waals surface area contributed by atoms with E-state index in [4.69, 9.17) is 0 Å². The molecular weight excluding hydrogens is 186 g/mol. The van der Waals surface area contributed by atoms with Crippen LogP contribution < -0.4 is 5.32 Å². The molecule has 0 aliphatic rings. The van der Waals surface area contributed by atoms with Gasteiger partial charge < -0.3 is 5.32 Å². The zero-order chi connectivity index (χ0) is 10.5. The van der Waals surface area contributed by atoms with Crippen molar-refractivity contribution in [3.63, 3.8) is 0 Å². The minimum absolute atomic E-state index is 0.939. The molecule has 2 aromatic rings. The molecule has 78 valence electrons. The first-order valence-corrected chi connectivity index (χ1v) is 5.35. The highest BCUT2D eigenvalue weighted by Crippen LogP contribution is 2.17. The molecule has 0 fully saturated rings. The van der Waals surface area contributed by atoms with Crippen LogP contribution in [0.4, 0.5) is 5.82 Å². The van der Waals surface area contributed by atoms with Crippen molar-refractivity contribution in [2.45, 2.75) is 19.8 Å². The Morgan fingerprint density at radius 1 is 1.20 bits per heavy atom. The van der Waals surface area contributed by atoms with E-state index in [0.717, 1.165) is 23.3 Å². The van der Waals surface area contributed by atoms with E-state index in [1.54, 1.807) is 6.33 Å². The van der Waals surface area contributed by atoms with Crippen molar-refractivity contribution in [1.29, 1.82) is 0 Å². The number of hydrogen-bond donors (Lipinski definition) is 1. The van der Waals surface area contributed by atoms with Crippen LogP contribution in [0.2, 0.25) is 0 Å². The van der Waals surface area contributed by atoms with Crippen molar-refractivity contribution in [1.82, 2.24) is 9.97 Å². The summed E-state index contributed by atoms with van der Waals surface area (Å²) in [7, 11) is 0. The van der Waals surface area contributed by atoms with Gasteiger partial charge in [0.15, 0.2) is 0 Å². The van der Waals surface area contributed by atoms with Crippen LogP contribution in [-0.4, -0.2) is 16.5 Å². The molecule has 1 heterocycles. The largest absolute Gasteiger partial charge is 0.369 e. The first kappa shape index (κ1) is 9.90. The number of nitrogens with one attached hydrogen (secondary N) is 1. The van der Waals surface area contributed by atoms with Gasteiger partial charge in [0, 0.05) is 11.9 Å². The minimum atomic E-state index is 0.939. The van der Waals surface area contributed by atoms with Crippen molar-refractivity contribution in [3.05, 3.63) is 30.6 Å². The van der Waals surface area contributed by atoms with Gasteiger partial charge in [-0.25, -0.2) is 9.97 Å². The van der Waals surface area contributed by atoms with Crippen LogP contribution in [0.1, 0.15) is 19.8 Å². The SMILES string of the molecule is CCCCNc1ncnc2ccccc12. The smallest absolute Gasteiger partial charge is 0.137 e. The molecule has 2 rings (SSSR count). The van der Waals surface area contributed by atoms with Crippen LogP contribution in [0.15, 0.2) is 30.6 Å². The summed E-state index contributed by atoms with van der Waals surface area (Å²) < 4.78 is 0. The van der Waals surface area contributed by atoms with Crippen molar-refractivity contribution >= 4 is 16.7 Å². The summed E-state index contributed by atoms with van der Waals surface area (Å²) in [6, 6.07) is 8.05. The number of fused-ring (bicyclic) bond motifs is 1. The Balaban J connectivity index is 2.26. The van der Waals surface area contributed by atoms with E-state index in [9.17, 15) is 0 Å². The van der Waals surface area contributed by atoms with Crippen molar-refractivity contribution in [3.8, 4) is 0 Å². The zero-order valence-electron chi connectivity index (χ0n) is 8.90. The number of para-hydroxylation sites is 1. The number of aromatic nitrogens is 2. The molecule has 0 radical (unpaired) electrons. The summed E-state index contributed by atoms with van der Waals surface area (Å²) in [4.78, 5) is 8.48. The second-order valence-electron chi connectivity index (χ2n) is 3.52. The first-order chi connectivity index (χ1) is 7.42. The average molecular weight is 201 g/mol. The van der Waals surface area contributed by atoms with Gasteiger partial charge in [-0.2, -0.15) is 0 Å². The fourth-order valence-corrected chi connectivity index (χ4v) is 1.53. The summed E-state index contributed by atoms with van der Waals surface area (Å²) in [5.41, 5.74) is 0.992. The van der Waals surface area contributed by atoms with Crippen LogP contribution in [-0.2, 0) is 0 Å². The lowest BCUT2D eigenvalue weighted by atomic mass is 10.2. The molecule has 1 aromatic carbocycles. The second-order valence-corrected chi connectivity index (χ2v) is 3.52. The van der Waals surface area contributed by atoms with Crippen molar-refractivity contribution in [2.24, 2.45) is 0 Å². The topological polar surface area (TPSA) is 37.8 Å². The lowest BCUT2D eigenvalue weighted by Crippen LogP contribution is -2.03. The third-order valence-corrected chi connectivity index (χ3v) is 2.37. The van der Waals surface area contributed by atoms with E-state index in [-0.39, 0.29) is 0 Å². The van der Waals surface area contributed by atoms with E-state index >= 15 is 0 Å². The molecule has 0 aliphatic heterocycles. The van der Waals surface area contributed by atoms with Crippen LogP contribution in [0.3, 0.4) is 0 Å². The Hall–Kier alpha value is -1.64. The molecule has 0 unspecified atom stereocenters. The van der Waals surface area contributed by atoms with Gasteiger partial charge in [0.05, 0.1) is 5.52 Å². The molecule has 0 amide bonds. The molecule has 3 heteroatoms. The molecule has 0 spiro atoms. The van der Waals surface area contributed by atoms with Gasteiger partial charge in [-0.05, 0) is 18.6 Å². The maximum Gasteiger partial charge on any atom is 0.137 e. The third kappa shape index (κ3) is 2.24. The third-order valence-electron chi connectivity index (χ3n) is 2.37. The highest BCUT2D eigenvalue weighted by atomic mass is 15.0. The van der Waals surface area contributed by atoms with E-state index < -0.39 is 0 Å². The standard InChI is InChI=1S/C12H15N3/c1-2-3-8-13-12-10-6-4-5-7-11(10)14-9-15-12/h4-7,9H,2-3,8H2,1H3,(H,13,14,15). The molecule has 0 aliphatic carbocycles. The molecule has 0 saturated heterocycles. The van der Waals surface area contributed by atoms with Gasteiger partial charge in [0.25, 0.3) is 0 Å². The lowest BCUT2D eigenvalue weighted by molar-refractivity contribution is 0.831. The fraction of sp³-hybridized carbons (Fsp3) is 0.333. The van der Waals surface area contributed by atoms with Gasteiger partial charge in [-0.15, -0.1) is 0 Å². The quantitative estimate of drug-likeness (QED) is 0.773. The number of benzene rings is 1. The Bertz CT molecular complexity index is 434. The highest BCUT2D eigenvalue weighted by molar-refractivity contribution is 5.88. The predicted octanol–water partition coefficient (Wildman–Crippen LogP) is 2.84. The van der Waals surface area contributed by atoms with E-state index in [2.05, 4.69) is 22.2 Å². The Kier molecular flexibility index (Phi) is 3.12. The molecule has 0 bridgehead atoms. The Morgan fingerprint density at radius 3 is 2.93 bits per heavy atom. The van der Waals surface area contributed by atoms with E-state index in [1.165, 1.54) is 12.8 Å². The lowest BCUT2D eigenvalue weighted by Gasteiger charge is -2.06. The van der Waals surface area contributed by atoms with Crippen LogP contribution in [0.5, 0.6) is 0 Å². The maximum atomic E-state index is 4.26. The van der Waals surface area contributed by atoms with Gasteiger partial charge in [-0.3, -0.25) is 0 Å². The normalized spacial score (nSPS) is 10.5. The monoisotopic (exact) mass is 201 g/mol. The highest BCUT2D eigenvalue weighted by Gasteiger charge is 2.00. The zero-order valence-corrected chi connectivity index (χ0v) is 8.90. The number of hydrogen-bond acceptors (Lipinski definition) is 3. The predicted molar refractivity (Wildman–Crippen MR) is 62.9 cm³/mol. The van der Waals surface area contributed by atoms with Gasteiger partial charge >= 0.3 is 0 Å². The summed E-state index contributed by atoms with van der Waals surface area (Å²) in [6.45, 7) is 3.15. The Labute approximate surface area is 89.6 Å². The molecule has 3 nitrogen and oxygen atoms in total.